The molecule has 0 bridgehead atoms. The van der Waals surface area contributed by atoms with E-state index < -0.39 is 5.97 Å². The summed E-state index contributed by atoms with van der Waals surface area (Å²) in [7, 11) is 1.44. The fourth-order valence-electron chi connectivity index (χ4n) is 1.36. The Hall–Kier alpha value is -2.22. The number of carbonyl (C=O) groups is 1. The fraction of sp³-hybridized carbons (Fsp3) is 0.333. The van der Waals surface area contributed by atoms with Gasteiger partial charge in [0.2, 0.25) is 0 Å². The number of hydrogen-bond donors (Lipinski definition) is 1. The second-order valence-electron chi connectivity index (χ2n) is 3.35. The molecule has 17 heavy (non-hydrogen) atoms. The van der Waals surface area contributed by atoms with Crippen molar-refractivity contribution in [1.29, 1.82) is 5.26 Å². The Morgan fingerprint density at radius 1 is 1.53 bits per heavy atom. The van der Waals surface area contributed by atoms with Crippen LogP contribution in [-0.2, 0) is 4.74 Å². The quantitative estimate of drug-likeness (QED) is 0.633. The van der Waals surface area contributed by atoms with E-state index in [0.29, 0.717) is 18.8 Å². The average molecular weight is 234 g/mol. The molecule has 0 aliphatic heterocycles. The minimum atomic E-state index is -0.597. The van der Waals surface area contributed by atoms with E-state index in [4.69, 9.17) is 20.5 Å². The highest BCUT2D eigenvalue weighted by Gasteiger charge is 2.19. The Morgan fingerprint density at radius 3 is 2.76 bits per heavy atom. The molecule has 5 heteroatoms. The fourth-order valence-corrected chi connectivity index (χ4v) is 1.36. The van der Waals surface area contributed by atoms with Crippen LogP contribution in [0.25, 0.3) is 0 Å². The van der Waals surface area contributed by atoms with Gasteiger partial charge in [-0.3, -0.25) is 0 Å². The van der Waals surface area contributed by atoms with E-state index in [1.54, 1.807) is 6.07 Å². The summed E-state index contributed by atoms with van der Waals surface area (Å²) in [5, 5.41) is 8.93. The van der Waals surface area contributed by atoms with Gasteiger partial charge in [-0.05, 0) is 18.6 Å². The average Bonchev–Trinajstić information content (AvgIpc) is 2.35. The highest BCUT2D eigenvalue weighted by Crippen LogP contribution is 2.28. The number of methoxy groups -OCH3 is 1. The number of benzene rings is 1. The SMILES string of the molecule is CCCOC(=O)c1c(C#N)ccc(OC)c1N. The number of rotatable bonds is 4. The molecule has 0 unspecified atom stereocenters. The van der Waals surface area contributed by atoms with Crippen LogP contribution in [0.3, 0.4) is 0 Å². The molecule has 0 saturated heterocycles. The minimum Gasteiger partial charge on any atom is -0.495 e. The predicted octanol–water partition coefficient (Wildman–Crippen LogP) is 1.72. The summed E-state index contributed by atoms with van der Waals surface area (Å²) in [6, 6.07) is 4.94. The lowest BCUT2D eigenvalue weighted by Gasteiger charge is -2.11. The number of hydrogen-bond acceptors (Lipinski definition) is 5. The first kappa shape index (κ1) is 12.8. The summed E-state index contributed by atoms with van der Waals surface area (Å²) in [6.07, 6.45) is 0.706. The summed E-state index contributed by atoms with van der Waals surface area (Å²) in [4.78, 5) is 11.8. The monoisotopic (exact) mass is 234 g/mol. The van der Waals surface area contributed by atoms with Crippen molar-refractivity contribution >= 4 is 11.7 Å². The van der Waals surface area contributed by atoms with Crippen LogP contribution < -0.4 is 10.5 Å². The third-order valence-electron chi connectivity index (χ3n) is 2.19. The van der Waals surface area contributed by atoms with E-state index in [1.165, 1.54) is 13.2 Å². The van der Waals surface area contributed by atoms with Crippen LogP contribution >= 0.6 is 0 Å². The first-order valence-corrected chi connectivity index (χ1v) is 5.19. The van der Waals surface area contributed by atoms with Crippen molar-refractivity contribution in [3.63, 3.8) is 0 Å². The molecule has 0 amide bonds. The van der Waals surface area contributed by atoms with Crippen molar-refractivity contribution in [2.75, 3.05) is 19.5 Å². The normalized spacial score (nSPS) is 9.47. The van der Waals surface area contributed by atoms with Crippen molar-refractivity contribution in [2.24, 2.45) is 0 Å². The van der Waals surface area contributed by atoms with Gasteiger partial charge in [-0.15, -0.1) is 0 Å². The molecule has 0 aliphatic rings. The van der Waals surface area contributed by atoms with Crippen molar-refractivity contribution in [3.8, 4) is 11.8 Å². The van der Waals surface area contributed by atoms with Gasteiger partial charge >= 0.3 is 5.97 Å². The van der Waals surface area contributed by atoms with Crippen LogP contribution in [0.15, 0.2) is 12.1 Å². The summed E-state index contributed by atoms with van der Waals surface area (Å²) in [5.41, 5.74) is 6.15. The van der Waals surface area contributed by atoms with E-state index >= 15 is 0 Å². The molecule has 1 aromatic rings. The number of ether oxygens (including phenoxy) is 2. The second-order valence-corrected chi connectivity index (χ2v) is 3.35. The molecule has 1 rings (SSSR count). The highest BCUT2D eigenvalue weighted by molar-refractivity contribution is 5.99. The second kappa shape index (κ2) is 5.75. The zero-order valence-electron chi connectivity index (χ0n) is 9.82. The van der Waals surface area contributed by atoms with Crippen LogP contribution in [0, 0.1) is 11.3 Å². The Balaban J connectivity index is 3.19. The van der Waals surface area contributed by atoms with Crippen LogP contribution in [0.2, 0.25) is 0 Å². The zero-order valence-corrected chi connectivity index (χ0v) is 9.82. The molecular formula is C12H14N2O3. The van der Waals surface area contributed by atoms with Crippen LogP contribution in [-0.4, -0.2) is 19.7 Å². The maximum Gasteiger partial charge on any atom is 0.341 e. The van der Waals surface area contributed by atoms with Gasteiger partial charge in [-0.2, -0.15) is 5.26 Å². The van der Waals surface area contributed by atoms with E-state index in [1.807, 2.05) is 13.0 Å². The molecular weight excluding hydrogens is 220 g/mol. The van der Waals surface area contributed by atoms with Crippen molar-refractivity contribution in [1.82, 2.24) is 0 Å². The van der Waals surface area contributed by atoms with Gasteiger partial charge in [-0.25, -0.2) is 4.79 Å². The number of esters is 1. The third kappa shape index (κ3) is 2.67. The van der Waals surface area contributed by atoms with E-state index in [-0.39, 0.29) is 16.8 Å². The van der Waals surface area contributed by atoms with Gasteiger partial charge in [0.05, 0.1) is 25.0 Å². The van der Waals surface area contributed by atoms with Gasteiger partial charge in [0, 0.05) is 0 Å². The summed E-state index contributed by atoms with van der Waals surface area (Å²) in [6.45, 7) is 2.17. The van der Waals surface area contributed by atoms with Crippen molar-refractivity contribution in [3.05, 3.63) is 23.3 Å². The molecule has 0 spiro atoms. The van der Waals surface area contributed by atoms with Gasteiger partial charge in [0.1, 0.15) is 17.4 Å². The van der Waals surface area contributed by atoms with Crippen molar-refractivity contribution in [2.45, 2.75) is 13.3 Å². The Morgan fingerprint density at radius 2 is 2.24 bits per heavy atom. The third-order valence-corrected chi connectivity index (χ3v) is 2.19. The Kier molecular flexibility index (Phi) is 4.35. The maximum absolute atomic E-state index is 11.8. The molecule has 2 N–H and O–H groups in total. The number of nitrogens with zero attached hydrogens (tertiary/aromatic N) is 1. The number of nitriles is 1. The lowest BCUT2D eigenvalue weighted by atomic mass is 10.1. The molecule has 5 nitrogen and oxygen atoms in total. The van der Waals surface area contributed by atoms with Crippen LogP contribution in [0.1, 0.15) is 29.3 Å². The molecule has 0 fully saturated rings. The largest absolute Gasteiger partial charge is 0.495 e. The number of nitrogen functional groups attached to an aromatic ring is 1. The van der Waals surface area contributed by atoms with Gasteiger partial charge in [0.25, 0.3) is 0 Å². The van der Waals surface area contributed by atoms with Crippen LogP contribution in [0.4, 0.5) is 5.69 Å². The lowest BCUT2D eigenvalue weighted by Crippen LogP contribution is -2.12. The van der Waals surface area contributed by atoms with Gasteiger partial charge in [0.15, 0.2) is 0 Å². The maximum atomic E-state index is 11.8. The van der Waals surface area contributed by atoms with Gasteiger partial charge < -0.3 is 15.2 Å². The molecule has 0 heterocycles. The predicted molar refractivity (Wildman–Crippen MR) is 62.7 cm³/mol. The van der Waals surface area contributed by atoms with E-state index in [0.717, 1.165) is 0 Å². The lowest BCUT2D eigenvalue weighted by molar-refractivity contribution is 0.0505. The van der Waals surface area contributed by atoms with E-state index in [2.05, 4.69) is 0 Å². The molecule has 0 aliphatic carbocycles. The Bertz CT molecular complexity index is 464. The molecule has 0 saturated carbocycles. The molecule has 0 aromatic heterocycles. The highest BCUT2D eigenvalue weighted by atomic mass is 16.5. The molecule has 90 valence electrons. The standard InChI is InChI=1S/C12H14N2O3/c1-3-6-17-12(15)10-8(7-13)4-5-9(16-2)11(10)14/h4-5H,3,6,14H2,1-2H3. The van der Waals surface area contributed by atoms with Crippen molar-refractivity contribution < 1.29 is 14.3 Å². The first-order valence-electron chi connectivity index (χ1n) is 5.19. The number of anilines is 1. The zero-order chi connectivity index (χ0) is 12.8. The summed E-state index contributed by atoms with van der Waals surface area (Å²) < 4.78 is 9.97. The summed E-state index contributed by atoms with van der Waals surface area (Å²) in [5.74, 6) is -0.243. The number of nitrogens with two attached hydrogens (primary N) is 1. The summed E-state index contributed by atoms with van der Waals surface area (Å²) >= 11 is 0. The minimum absolute atomic E-state index is 0.0697. The van der Waals surface area contributed by atoms with Gasteiger partial charge in [-0.1, -0.05) is 6.92 Å². The number of carbonyl (C=O) groups excluding carboxylic acids is 1. The van der Waals surface area contributed by atoms with Crippen LogP contribution in [0.5, 0.6) is 5.75 Å². The molecule has 1 aromatic carbocycles. The topological polar surface area (TPSA) is 85.3 Å². The first-order chi connectivity index (χ1) is 8.15. The molecule has 0 radical (unpaired) electrons. The smallest absolute Gasteiger partial charge is 0.341 e. The van der Waals surface area contributed by atoms with E-state index in [9.17, 15) is 4.79 Å². The molecule has 0 atom stereocenters. The Labute approximate surface area is 99.7 Å².